The summed E-state index contributed by atoms with van der Waals surface area (Å²) >= 11 is 3.44. The highest BCUT2D eigenvalue weighted by molar-refractivity contribution is 9.10. The Bertz CT molecular complexity index is 652. The molecule has 0 saturated heterocycles. The van der Waals surface area contributed by atoms with Gasteiger partial charge in [0.15, 0.2) is 0 Å². The normalized spacial score (nSPS) is 10.2. The van der Waals surface area contributed by atoms with E-state index < -0.39 is 0 Å². The molecule has 0 bridgehead atoms. The minimum Gasteiger partial charge on any atom is -0.348 e. The highest BCUT2D eigenvalue weighted by Crippen LogP contribution is 2.32. The molecule has 0 fully saturated rings. The Balaban J connectivity index is 2.79. The fourth-order valence-electron chi connectivity index (χ4n) is 1.85. The Hall–Kier alpha value is -1.80. The third kappa shape index (κ3) is 2.04. The van der Waals surface area contributed by atoms with Crippen LogP contribution >= 0.6 is 15.9 Å². The minimum atomic E-state index is -0.154. The van der Waals surface area contributed by atoms with Crippen LogP contribution in [0.3, 0.4) is 0 Å². The first-order valence-electron chi connectivity index (χ1n) is 4.99. The van der Waals surface area contributed by atoms with Crippen LogP contribution in [-0.2, 0) is 11.8 Å². The van der Waals surface area contributed by atoms with Gasteiger partial charge in [0.1, 0.15) is 0 Å². The number of carbonyl (C=O) groups excluding carboxylic acids is 1. The van der Waals surface area contributed by atoms with Crippen molar-refractivity contribution in [3.8, 4) is 6.07 Å². The van der Waals surface area contributed by atoms with Gasteiger partial charge in [0, 0.05) is 30.0 Å². The fraction of sp³-hybridized carbons (Fsp3) is 0.167. The number of rotatable bonds is 1. The van der Waals surface area contributed by atoms with Crippen molar-refractivity contribution < 1.29 is 4.79 Å². The Morgan fingerprint density at radius 1 is 1.53 bits per heavy atom. The summed E-state index contributed by atoms with van der Waals surface area (Å²) in [7, 11) is 1.89. The van der Waals surface area contributed by atoms with Crippen LogP contribution in [0, 0.1) is 11.3 Å². The molecule has 0 saturated carbocycles. The number of nitrogens with zero attached hydrogens (tertiary/aromatic N) is 2. The molecule has 1 amide bonds. The van der Waals surface area contributed by atoms with Crippen molar-refractivity contribution in [3.63, 3.8) is 0 Å². The van der Waals surface area contributed by atoms with Crippen molar-refractivity contribution in [2.24, 2.45) is 7.05 Å². The van der Waals surface area contributed by atoms with Gasteiger partial charge in [-0.3, -0.25) is 4.79 Å². The van der Waals surface area contributed by atoms with E-state index in [9.17, 15) is 4.79 Å². The summed E-state index contributed by atoms with van der Waals surface area (Å²) in [5.41, 5.74) is 2.07. The number of anilines is 1. The lowest BCUT2D eigenvalue weighted by molar-refractivity contribution is -0.114. The van der Waals surface area contributed by atoms with Gasteiger partial charge in [0.2, 0.25) is 5.91 Å². The van der Waals surface area contributed by atoms with E-state index >= 15 is 0 Å². The average Bonchev–Trinajstić information content (AvgIpc) is 2.53. The molecule has 0 radical (unpaired) electrons. The van der Waals surface area contributed by atoms with Gasteiger partial charge in [-0.05, 0) is 28.1 Å². The van der Waals surface area contributed by atoms with Gasteiger partial charge in [0.05, 0.1) is 22.8 Å². The second-order valence-electron chi connectivity index (χ2n) is 3.80. The first-order valence-corrected chi connectivity index (χ1v) is 5.78. The molecule has 5 heteroatoms. The molecule has 1 aromatic heterocycles. The van der Waals surface area contributed by atoms with Gasteiger partial charge < -0.3 is 9.88 Å². The molecule has 0 atom stereocenters. The van der Waals surface area contributed by atoms with Gasteiger partial charge >= 0.3 is 0 Å². The maximum absolute atomic E-state index is 11.2. The number of hydrogen-bond donors (Lipinski definition) is 1. The number of amides is 1. The summed E-state index contributed by atoms with van der Waals surface area (Å²) in [6.07, 6.45) is 1.90. The van der Waals surface area contributed by atoms with Crippen molar-refractivity contribution in [1.29, 1.82) is 5.26 Å². The lowest BCUT2D eigenvalue weighted by atomic mass is 10.1. The molecular weight excluding hydrogens is 282 g/mol. The Labute approximate surface area is 107 Å². The summed E-state index contributed by atoms with van der Waals surface area (Å²) in [5, 5.41) is 12.6. The van der Waals surface area contributed by atoms with Crippen LogP contribution in [0.4, 0.5) is 5.69 Å². The smallest absolute Gasteiger partial charge is 0.221 e. The largest absolute Gasteiger partial charge is 0.348 e. The van der Waals surface area contributed by atoms with Gasteiger partial charge in [0.25, 0.3) is 0 Å². The number of fused-ring (bicyclic) bond motifs is 1. The first-order chi connectivity index (χ1) is 8.02. The lowest BCUT2D eigenvalue weighted by Crippen LogP contribution is -2.07. The molecule has 2 rings (SSSR count). The van der Waals surface area contributed by atoms with E-state index in [4.69, 9.17) is 5.26 Å². The van der Waals surface area contributed by atoms with Crippen molar-refractivity contribution in [2.75, 3.05) is 5.32 Å². The fourth-order valence-corrected chi connectivity index (χ4v) is 2.46. The highest BCUT2D eigenvalue weighted by Gasteiger charge is 2.11. The third-order valence-corrected chi connectivity index (χ3v) is 3.10. The number of halogens is 1. The molecule has 2 aromatic rings. The maximum atomic E-state index is 11.2. The van der Waals surface area contributed by atoms with Crippen LogP contribution in [0.5, 0.6) is 0 Å². The van der Waals surface area contributed by atoms with E-state index in [1.54, 1.807) is 12.1 Å². The van der Waals surface area contributed by atoms with Crippen LogP contribution in [-0.4, -0.2) is 10.5 Å². The van der Waals surface area contributed by atoms with E-state index in [-0.39, 0.29) is 5.91 Å². The monoisotopic (exact) mass is 291 g/mol. The number of nitriles is 1. The van der Waals surface area contributed by atoms with Crippen LogP contribution in [0.1, 0.15) is 12.5 Å². The zero-order valence-corrected chi connectivity index (χ0v) is 11.0. The second-order valence-corrected chi connectivity index (χ2v) is 4.66. The molecular formula is C12H10BrN3O. The van der Waals surface area contributed by atoms with Crippen LogP contribution in [0.15, 0.2) is 22.8 Å². The standard InChI is InChI=1S/C12H10BrN3O/c1-7(17)15-11-4-8(5-14)3-9-10(13)6-16(2)12(9)11/h3-4,6H,1-2H3,(H,15,17). The topological polar surface area (TPSA) is 57.8 Å². The minimum absolute atomic E-state index is 0.154. The molecule has 17 heavy (non-hydrogen) atoms. The predicted octanol–water partition coefficient (Wildman–Crippen LogP) is 2.77. The number of aromatic nitrogens is 1. The van der Waals surface area contributed by atoms with E-state index in [0.717, 1.165) is 15.4 Å². The van der Waals surface area contributed by atoms with Gasteiger partial charge in [-0.15, -0.1) is 0 Å². The predicted molar refractivity (Wildman–Crippen MR) is 69.6 cm³/mol. The second kappa shape index (κ2) is 4.22. The molecule has 0 aliphatic carbocycles. The maximum Gasteiger partial charge on any atom is 0.221 e. The van der Waals surface area contributed by atoms with Crippen LogP contribution in [0.2, 0.25) is 0 Å². The molecule has 0 aliphatic heterocycles. The van der Waals surface area contributed by atoms with Crippen molar-refractivity contribution in [1.82, 2.24) is 4.57 Å². The average molecular weight is 292 g/mol. The zero-order valence-electron chi connectivity index (χ0n) is 9.41. The molecule has 0 spiro atoms. The zero-order chi connectivity index (χ0) is 12.6. The number of benzene rings is 1. The SMILES string of the molecule is CC(=O)Nc1cc(C#N)cc2c(Br)cn(C)c12. The summed E-state index contributed by atoms with van der Waals surface area (Å²) in [6.45, 7) is 1.45. The van der Waals surface area contributed by atoms with E-state index in [0.29, 0.717) is 11.3 Å². The summed E-state index contributed by atoms with van der Waals surface area (Å²) < 4.78 is 2.81. The Morgan fingerprint density at radius 3 is 2.82 bits per heavy atom. The quantitative estimate of drug-likeness (QED) is 0.878. The Morgan fingerprint density at radius 2 is 2.24 bits per heavy atom. The summed E-state index contributed by atoms with van der Waals surface area (Å²) in [6, 6.07) is 5.56. The third-order valence-electron chi connectivity index (χ3n) is 2.47. The molecule has 1 N–H and O–H groups in total. The van der Waals surface area contributed by atoms with E-state index in [1.807, 2.05) is 17.8 Å². The molecule has 86 valence electrons. The lowest BCUT2D eigenvalue weighted by Gasteiger charge is -2.07. The van der Waals surface area contributed by atoms with Gasteiger partial charge in [-0.2, -0.15) is 5.26 Å². The summed E-state index contributed by atoms with van der Waals surface area (Å²) in [4.78, 5) is 11.2. The van der Waals surface area contributed by atoms with E-state index in [2.05, 4.69) is 27.3 Å². The molecule has 1 heterocycles. The van der Waals surface area contributed by atoms with Gasteiger partial charge in [-0.1, -0.05) is 0 Å². The number of nitrogens with one attached hydrogen (secondary N) is 1. The number of aryl methyl sites for hydroxylation is 1. The van der Waals surface area contributed by atoms with Crippen molar-refractivity contribution >= 4 is 38.4 Å². The van der Waals surface area contributed by atoms with Gasteiger partial charge in [-0.25, -0.2) is 0 Å². The highest BCUT2D eigenvalue weighted by atomic mass is 79.9. The first kappa shape index (κ1) is 11.7. The van der Waals surface area contributed by atoms with Crippen molar-refractivity contribution in [3.05, 3.63) is 28.4 Å². The molecule has 0 unspecified atom stereocenters. The van der Waals surface area contributed by atoms with Crippen molar-refractivity contribution in [2.45, 2.75) is 6.92 Å². The van der Waals surface area contributed by atoms with Crippen LogP contribution < -0.4 is 5.32 Å². The number of hydrogen-bond acceptors (Lipinski definition) is 2. The summed E-state index contributed by atoms with van der Waals surface area (Å²) in [5.74, 6) is -0.154. The van der Waals surface area contributed by atoms with E-state index in [1.165, 1.54) is 6.92 Å². The number of carbonyl (C=O) groups is 1. The Kier molecular flexibility index (Phi) is 2.90. The molecule has 1 aromatic carbocycles. The molecule has 4 nitrogen and oxygen atoms in total. The van der Waals surface area contributed by atoms with Crippen LogP contribution in [0.25, 0.3) is 10.9 Å². The molecule has 0 aliphatic rings.